The summed E-state index contributed by atoms with van der Waals surface area (Å²) in [5.74, 6) is 1.35. The first kappa shape index (κ1) is 14.4. The molecule has 2 nitrogen and oxygen atoms in total. The van der Waals surface area contributed by atoms with Gasteiger partial charge >= 0.3 is 0 Å². The molecule has 0 aromatic heterocycles. The van der Waals surface area contributed by atoms with Crippen LogP contribution >= 0.6 is 0 Å². The van der Waals surface area contributed by atoms with Crippen LogP contribution in [0.2, 0.25) is 0 Å². The SMILES string of the molecule is COc1c(C)cc(C)cc1Cc1cc(C)c(O)c(C)c1. The fourth-order valence-corrected chi connectivity index (χ4v) is 2.83. The molecule has 0 fully saturated rings. The van der Waals surface area contributed by atoms with Crippen LogP contribution in [0.4, 0.5) is 0 Å². The van der Waals surface area contributed by atoms with Gasteiger partial charge in [-0.2, -0.15) is 0 Å². The Bertz CT molecular complexity index is 619. The van der Waals surface area contributed by atoms with Crippen molar-refractivity contribution in [2.24, 2.45) is 0 Å². The zero-order valence-corrected chi connectivity index (χ0v) is 12.9. The molecule has 0 spiro atoms. The number of hydrogen-bond donors (Lipinski definition) is 1. The zero-order chi connectivity index (χ0) is 14.9. The quantitative estimate of drug-likeness (QED) is 0.904. The zero-order valence-electron chi connectivity index (χ0n) is 12.9. The Morgan fingerprint density at radius 3 is 2.05 bits per heavy atom. The molecule has 0 saturated heterocycles. The van der Waals surface area contributed by atoms with Crippen molar-refractivity contribution >= 4 is 0 Å². The smallest absolute Gasteiger partial charge is 0.125 e. The van der Waals surface area contributed by atoms with E-state index < -0.39 is 0 Å². The highest BCUT2D eigenvalue weighted by atomic mass is 16.5. The minimum absolute atomic E-state index is 0.390. The molecule has 0 bridgehead atoms. The van der Waals surface area contributed by atoms with E-state index in [0.29, 0.717) is 5.75 Å². The number of aryl methyl sites for hydroxylation is 4. The minimum Gasteiger partial charge on any atom is -0.507 e. The first-order chi connectivity index (χ1) is 9.42. The molecule has 1 N–H and O–H groups in total. The average Bonchev–Trinajstić information content (AvgIpc) is 2.35. The fourth-order valence-electron chi connectivity index (χ4n) is 2.83. The normalized spacial score (nSPS) is 10.7. The Morgan fingerprint density at radius 2 is 1.50 bits per heavy atom. The molecular weight excluding hydrogens is 248 g/mol. The first-order valence-electron chi connectivity index (χ1n) is 6.85. The second kappa shape index (κ2) is 5.58. The molecule has 0 aliphatic heterocycles. The van der Waals surface area contributed by atoms with E-state index in [1.807, 2.05) is 26.0 Å². The van der Waals surface area contributed by atoms with Gasteiger partial charge < -0.3 is 9.84 Å². The number of phenolic OH excluding ortho intramolecular Hbond substituents is 1. The van der Waals surface area contributed by atoms with Gasteiger partial charge in [0, 0.05) is 6.42 Å². The van der Waals surface area contributed by atoms with Crippen LogP contribution in [0.1, 0.15) is 33.4 Å². The van der Waals surface area contributed by atoms with Gasteiger partial charge in [-0.1, -0.05) is 29.8 Å². The summed E-state index contributed by atoms with van der Waals surface area (Å²) in [6, 6.07) is 8.39. The Balaban J connectivity index is 2.44. The van der Waals surface area contributed by atoms with Gasteiger partial charge in [0.1, 0.15) is 11.5 Å². The molecule has 0 radical (unpaired) electrons. The Kier molecular flexibility index (Phi) is 4.03. The van der Waals surface area contributed by atoms with Crippen molar-refractivity contribution in [2.75, 3.05) is 7.11 Å². The molecule has 20 heavy (non-hydrogen) atoms. The van der Waals surface area contributed by atoms with Crippen LogP contribution in [0.3, 0.4) is 0 Å². The molecule has 0 amide bonds. The first-order valence-corrected chi connectivity index (χ1v) is 6.85. The maximum Gasteiger partial charge on any atom is 0.125 e. The molecule has 0 atom stereocenters. The molecular formula is C18H22O2. The number of phenols is 1. The topological polar surface area (TPSA) is 29.5 Å². The number of rotatable bonds is 3. The molecule has 2 aromatic rings. The van der Waals surface area contributed by atoms with Crippen molar-refractivity contribution in [3.8, 4) is 11.5 Å². The highest BCUT2D eigenvalue weighted by Crippen LogP contribution is 2.29. The summed E-state index contributed by atoms with van der Waals surface area (Å²) in [7, 11) is 1.72. The van der Waals surface area contributed by atoms with Gasteiger partial charge in [-0.25, -0.2) is 0 Å². The number of benzene rings is 2. The highest BCUT2D eigenvalue weighted by Gasteiger charge is 2.10. The molecule has 0 heterocycles. The summed E-state index contributed by atoms with van der Waals surface area (Å²) in [6.45, 7) is 8.04. The summed E-state index contributed by atoms with van der Waals surface area (Å²) in [5, 5.41) is 9.86. The third kappa shape index (κ3) is 2.79. The largest absolute Gasteiger partial charge is 0.507 e. The van der Waals surface area contributed by atoms with Crippen LogP contribution in [0.15, 0.2) is 24.3 Å². The van der Waals surface area contributed by atoms with Gasteiger partial charge in [0.2, 0.25) is 0 Å². The number of ether oxygens (including phenoxy) is 1. The van der Waals surface area contributed by atoms with Crippen LogP contribution in [0.25, 0.3) is 0 Å². The lowest BCUT2D eigenvalue weighted by Gasteiger charge is -2.14. The maximum atomic E-state index is 9.86. The predicted molar refractivity (Wildman–Crippen MR) is 82.9 cm³/mol. The Labute approximate surface area is 121 Å². The maximum absolute atomic E-state index is 9.86. The standard InChI is InChI=1S/C18H22O2/c1-11-6-14(4)18(20-5)16(7-11)10-15-8-12(2)17(19)13(3)9-15/h6-9,19H,10H2,1-5H3. The van der Waals surface area contributed by atoms with Crippen molar-refractivity contribution in [3.63, 3.8) is 0 Å². The van der Waals surface area contributed by atoms with E-state index in [9.17, 15) is 5.11 Å². The van der Waals surface area contributed by atoms with Crippen molar-refractivity contribution in [2.45, 2.75) is 34.1 Å². The Hall–Kier alpha value is -1.96. The highest BCUT2D eigenvalue weighted by molar-refractivity contribution is 5.48. The molecule has 0 aliphatic rings. The summed E-state index contributed by atoms with van der Waals surface area (Å²) in [5.41, 5.74) is 6.63. The van der Waals surface area contributed by atoms with Crippen molar-refractivity contribution < 1.29 is 9.84 Å². The van der Waals surface area contributed by atoms with Crippen LogP contribution in [0, 0.1) is 27.7 Å². The van der Waals surface area contributed by atoms with E-state index in [4.69, 9.17) is 4.74 Å². The average molecular weight is 270 g/mol. The van der Waals surface area contributed by atoms with E-state index in [-0.39, 0.29) is 0 Å². The van der Waals surface area contributed by atoms with Crippen molar-refractivity contribution in [1.29, 1.82) is 0 Å². The number of hydrogen-bond acceptors (Lipinski definition) is 2. The minimum atomic E-state index is 0.390. The molecule has 2 heteroatoms. The monoisotopic (exact) mass is 270 g/mol. The predicted octanol–water partition coefficient (Wildman–Crippen LogP) is 4.23. The Morgan fingerprint density at radius 1 is 0.900 bits per heavy atom. The van der Waals surface area contributed by atoms with Gasteiger partial charge in [-0.05, 0) is 55.5 Å². The summed E-state index contributed by atoms with van der Waals surface area (Å²) < 4.78 is 5.54. The lowest BCUT2D eigenvalue weighted by Crippen LogP contribution is -1.98. The van der Waals surface area contributed by atoms with E-state index in [0.717, 1.165) is 28.9 Å². The van der Waals surface area contributed by atoms with E-state index >= 15 is 0 Å². The van der Waals surface area contributed by atoms with Crippen LogP contribution in [-0.4, -0.2) is 12.2 Å². The van der Waals surface area contributed by atoms with E-state index in [1.54, 1.807) is 7.11 Å². The number of aromatic hydroxyl groups is 1. The molecule has 0 aliphatic carbocycles. The third-order valence-electron chi connectivity index (χ3n) is 3.65. The van der Waals surface area contributed by atoms with Gasteiger partial charge in [0.05, 0.1) is 7.11 Å². The number of methoxy groups -OCH3 is 1. The summed E-state index contributed by atoms with van der Waals surface area (Å²) in [6.07, 6.45) is 0.813. The van der Waals surface area contributed by atoms with Gasteiger partial charge in [-0.15, -0.1) is 0 Å². The van der Waals surface area contributed by atoms with Gasteiger partial charge in [-0.3, -0.25) is 0 Å². The summed E-state index contributed by atoms with van der Waals surface area (Å²) >= 11 is 0. The van der Waals surface area contributed by atoms with E-state index in [1.165, 1.54) is 16.7 Å². The van der Waals surface area contributed by atoms with E-state index in [2.05, 4.69) is 26.0 Å². The molecule has 0 saturated carbocycles. The lowest BCUT2D eigenvalue weighted by atomic mass is 9.96. The second-order valence-electron chi connectivity index (χ2n) is 5.53. The fraction of sp³-hybridized carbons (Fsp3) is 0.333. The van der Waals surface area contributed by atoms with Gasteiger partial charge in [0.25, 0.3) is 0 Å². The van der Waals surface area contributed by atoms with Crippen molar-refractivity contribution in [3.05, 3.63) is 57.6 Å². The van der Waals surface area contributed by atoms with Crippen LogP contribution < -0.4 is 4.74 Å². The van der Waals surface area contributed by atoms with Gasteiger partial charge in [0.15, 0.2) is 0 Å². The second-order valence-corrected chi connectivity index (χ2v) is 5.53. The molecule has 106 valence electrons. The van der Waals surface area contributed by atoms with Crippen LogP contribution in [-0.2, 0) is 6.42 Å². The molecule has 0 unspecified atom stereocenters. The third-order valence-corrected chi connectivity index (χ3v) is 3.65. The van der Waals surface area contributed by atoms with Crippen LogP contribution in [0.5, 0.6) is 11.5 Å². The molecule has 2 aromatic carbocycles. The summed E-state index contributed by atoms with van der Waals surface area (Å²) in [4.78, 5) is 0. The lowest BCUT2D eigenvalue weighted by molar-refractivity contribution is 0.407. The molecule has 2 rings (SSSR count). The van der Waals surface area contributed by atoms with Crippen molar-refractivity contribution in [1.82, 2.24) is 0 Å².